The minimum absolute atomic E-state index is 0.0581. The fraction of sp³-hybridized carbons (Fsp3) is 0.200. The van der Waals surface area contributed by atoms with E-state index in [1.807, 2.05) is 35.2 Å². The van der Waals surface area contributed by atoms with Gasteiger partial charge in [-0.25, -0.2) is 4.99 Å². The number of carbonyl (C=O) groups is 1. The number of amides is 1. The summed E-state index contributed by atoms with van der Waals surface area (Å²) in [5.41, 5.74) is 2.48. The van der Waals surface area contributed by atoms with E-state index in [1.165, 1.54) is 12.1 Å². The van der Waals surface area contributed by atoms with Crippen molar-refractivity contribution in [3.63, 3.8) is 0 Å². The number of rotatable bonds is 3. The monoisotopic (exact) mass is 378 g/mol. The van der Waals surface area contributed by atoms with Crippen molar-refractivity contribution in [1.29, 1.82) is 0 Å². The number of nitro groups is 1. The summed E-state index contributed by atoms with van der Waals surface area (Å²) in [5, 5.41) is 14.1. The third kappa shape index (κ3) is 3.63. The van der Waals surface area contributed by atoms with E-state index in [1.54, 1.807) is 12.3 Å². The summed E-state index contributed by atoms with van der Waals surface area (Å²) in [5.74, 6) is -0.354. The maximum absolute atomic E-state index is 12.8. The first-order chi connectivity index (χ1) is 13.6. The van der Waals surface area contributed by atoms with Crippen LogP contribution in [0.3, 0.4) is 0 Å². The molecule has 4 rings (SSSR count). The molecule has 0 spiro atoms. The number of morpholine rings is 1. The maximum Gasteiger partial charge on any atom is 0.275 e. The highest BCUT2D eigenvalue weighted by Gasteiger charge is 2.24. The van der Waals surface area contributed by atoms with Crippen molar-refractivity contribution in [2.75, 3.05) is 31.6 Å². The van der Waals surface area contributed by atoms with E-state index in [4.69, 9.17) is 4.74 Å². The van der Waals surface area contributed by atoms with Crippen molar-refractivity contribution in [1.82, 2.24) is 4.90 Å². The Labute approximate surface area is 161 Å². The first-order valence-electron chi connectivity index (χ1n) is 8.90. The Balaban J connectivity index is 1.86. The molecule has 0 radical (unpaired) electrons. The molecule has 142 valence electrons. The van der Waals surface area contributed by atoms with E-state index in [0.717, 1.165) is 5.56 Å². The number of hydrogen-bond acceptors (Lipinski definition) is 6. The number of nitro benzene ring substituents is 1. The molecule has 2 aliphatic rings. The predicted molar refractivity (Wildman–Crippen MR) is 104 cm³/mol. The first kappa shape index (κ1) is 17.9. The summed E-state index contributed by atoms with van der Waals surface area (Å²) in [6.07, 6.45) is 1.72. The standard InChI is InChI=1S/C20H18N4O4/c25-20-18(13-23-8-10-28-11-9-23)21-19(14-4-2-1-3-5-14)16-12-15(24(26)27)6-7-17(16)22-20/h1-7,12-13H,8-11H2,(H,22,25)/b18-13+. The summed E-state index contributed by atoms with van der Waals surface area (Å²) in [6.45, 7) is 2.52. The van der Waals surface area contributed by atoms with Crippen molar-refractivity contribution in [2.24, 2.45) is 4.99 Å². The third-order valence-electron chi connectivity index (χ3n) is 4.58. The van der Waals surface area contributed by atoms with Gasteiger partial charge in [0.2, 0.25) is 0 Å². The van der Waals surface area contributed by atoms with Gasteiger partial charge in [0.15, 0.2) is 0 Å². The van der Waals surface area contributed by atoms with E-state index < -0.39 is 4.92 Å². The molecule has 28 heavy (non-hydrogen) atoms. The lowest BCUT2D eigenvalue weighted by molar-refractivity contribution is -0.384. The Morgan fingerprint density at radius 2 is 1.89 bits per heavy atom. The molecule has 0 unspecified atom stereocenters. The Morgan fingerprint density at radius 3 is 2.61 bits per heavy atom. The van der Waals surface area contributed by atoms with Gasteiger partial charge in [-0.2, -0.15) is 0 Å². The second kappa shape index (κ2) is 7.61. The van der Waals surface area contributed by atoms with Crippen molar-refractivity contribution in [2.45, 2.75) is 0 Å². The fourth-order valence-electron chi connectivity index (χ4n) is 3.15. The average Bonchev–Trinajstić information content (AvgIpc) is 2.85. The second-order valence-corrected chi connectivity index (χ2v) is 6.43. The highest BCUT2D eigenvalue weighted by atomic mass is 16.6. The zero-order valence-electron chi connectivity index (χ0n) is 15.0. The molecule has 2 aromatic carbocycles. The summed E-state index contributed by atoms with van der Waals surface area (Å²) < 4.78 is 5.35. The minimum atomic E-state index is -0.458. The van der Waals surface area contributed by atoms with Crippen molar-refractivity contribution in [3.05, 3.63) is 81.7 Å². The van der Waals surface area contributed by atoms with Crippen LogP contribution in [-0.4, -0.2) is 47.7 Å². The van der Waals surface area contributed by atoms with Crippen LogP contribution in [-0.2, 0) is 9.53 Å². The molecule has 2 heterocycles. The Kier molecular flexibility index (Phi) is 4.86. The van der Waals surface area contributed by atoms with Gasteiger partial charge < -0.3 is 15.0 Å². The lowest BCUT2D eigenvalue weighted by atomic mass is 10.00. The summed E-state index contributed by atoms with van der Waals surface area (Å²) in [4.78, 5) is 30.2. The molecule has 2 aliphatic heterocycles. The van der Waals surface area contributed by atoms with E-state index in [-0.39, 0.29) is 17.3 Å². The average molecular weight is 378 g/mol. The number of anilines is 1. The number of aliphatic imine (C=N–C) groups is 1. The van der Waals surface area contributed by atoms with Gasteiger partial charge in [0.05, 0.1) is 29.5 Å². The van der Waals surface area contributed by atoms with Gasteiger partial charge in [0, 0.05) is 42.5 Å². The number of non-ortho nitro benzene ring substituents is 1. The number of nitrogens with one attached hydrogen (secondary N) is 1. The molecule has 1 saturated heterocycles. The molecule has 0 aliphatic carbocycles. The summed E-state index contributed by atoms with van der Waals surface area (Å²) in [7, 11) is 0. The first-order valence-corrected chi connectivity index (χ1v) is 8.90. The molecule has 0 bridgehead atoms. The van der Waals surface area contributed by atoms with E-state index in [0.29, 0.717) is 43.3 Å². The quantitative estimate of drug-likeness (QED) is 0.503. The normalized spacial score (nSPS) is 18.1. The van der Waals surface area contributed by atoms with Crippen molar-refractivity contribution < 1.29 is 14.5 Å². The topological polar surface area (TPSA) is 97.1 Å². The largest absolute Gasteiger partial charge is 0.378 e. The molecule has 8 nitrogen and oxygen atoms in total. The number of benzodiazepines with no additional fused rings is 1. The zero-order chi connectivity index (χ0) is 19.5. The highest BCUT2D eigenvalue weighted by Crippen LogP contribution is 2.29. The lowest BCUT2D eigenvalue weighted by Gasteiger charge is -2.25. The fourth-order valence-corrected chi connectivity index (χ4v) is 3.15. The maximum atomic E-state index is 12.8. The van der Waals surface area contributed by atoms with Crippen LogP contribution in [0.15, 0.2) is 65.4 Å². The molecular weight excluding hydrogens is 360 g/mol. The number of ether oxygens (including phenoxy) is 1. The van der Waals surface area contributed by atoms with Gasteiger partial charge in [-0.3, -0.25) is 14.9 Å². The predicted octanol–water partition coefficient (Wildman–Crippen LogP) is 2.56. The zero-order valence-corrected chi connectivity index (χ0v) is 15.0. The molecular formula is C20H18N4O4. The van der Waals surface area contributed by atoms with Gasteiger partial charge in [0.25, 0.3) is 11.6 Å². The SMILES string of the molecule is O=C1Nc2ccc([N+](=O)[O-])cc2C(c2ccccc2)=N/C1=C/N1CCOCC1. The number of nitrogens with zero attached hydrogens (tertiary/aromatic N) is 3. The van der Waals surface area contributed by atoms with E-state index >= 15 is 0 Å². The molecule has 1 fully saturated rings. The van der Waals surface area contributed by atoms with Gasteiger partial charge in [-0.05, 0) is 6.07 Å². The lowest BCUT2D eigenvalue weighted by Crippen LogP contribution is -2.33. The second-order valence-electron chi connectivity index (χ2n) is 6.43. The Bertz CT molecular complexity index is 979. The third-order valence-corrected chi connectivity index (χ3v) is 4.58. The van der Waals surface area contributed by atoms with Crippen LogP contribution in [0.25, 0.3) is 0 Å². The van der Waals surface area contributed by atoms with E-state index in [2.05, 4.69) is 10.3 Å². The molecule has 8 heteroatoms. The Hall–Kier alpha value is -3.52. The van der Waals surface area contributed by atoms with Crippen LogP contribution in [0.5, 0.6) is 0 Å². The van der Waals surface area contributed by atoms with Crippen LogP contribution in [0.2, 0.25) is 0 Å². The minimum Gasteiger partial charge on any atom is -0.378 e. The van der Waals surface area contributed by atoms with Crippen molar-refractivity contribution in [3.8, 4) is 0 Å². The van der Waals surface area contributed by atoms with Crippen LogP contribution in [0.1, 0.15) is 11.1 Å². The molecule has 0 aromatic heterocycles. The molecule has 1 amide bonds. The smallest absolute Gasteiger partial charge is 0.275 e. The van der Waals surface area contributed by atoms with Gasteiger partial charge in [0.1, 0.15) is 5.70 Å². The van der Waals surface area contributed by atoms with E-state index in [9.17, 15) is 14.9 Å². The van der Waals surface area contributed by atoms with Crippen LogP contribution < -0.4 is 5.32 Å². The number of benzene rings is 2. The Morgan fingerprint density at radius 1 is 1.14 bits per heavy atom. The van der Waals surface area contributed by atoms with Gasteiger partial charge in [-0.15, -0.1) is 0 Å². The molecule has 0 atom stereocenters. The molecule has 0 saturated carbocycles. The van der Waals surface area contributed by atoms with Crippen LogP contribution >= 0.6 is 0 Å². The molecule has 2 aromatic rings. The number of carbonyl (C=O) groups excluding carboxylic acids is 1. The highest BCUT2D eigenvalue weighted by molar-refractivity contribution is 6.22. The summed E-state index contributed by atoms with van der Waals surface area (Å²) in [6, 6.07) is 13.7. The van der Waals surface area contributed by atoms with Crippen molar-refractivity contribution >= 4 is 23.0 Å². The summed E-state index contributed by atoms with van der Waals surface area (Å²) >= 11 is 0. The number of fused-ring (bicyclic) bond motifs is 1. The van der Waals surface area contributed by atoms with Crippen LogP contribution in [0.4, 0.5) is 11.4 Å². The van der Waals surface area contributed by atoms with Crippen LogP contribution in [0, 0.1) is 10.1 Å². The number of hydrogen-bond donors (Lipinski definition) is 1. The van der Waals surface area contributed by atoms with Gasteiger partial charge in [-0.1, -0.05) is 30.3 Å². The molecule has 1 N–H and O–H groups in total. The van der Waals surface area contributed by atoms with Gasteiger partial charge >= 0.3 is 0 Å².